The normalized spacial score (nSPS) is 18.6. The summed E-state index contributed by atoms with van der Waals surface area (Å²) in [7, 11) is 0. The molecule has 0 bridgehead atoms. The molecule has 2 aliphatic rings. The summed E-state index contributed by atoms with van der Waals surface area (Å²) < 4.78 is 5.63. The van der Waals surface area contributed by atoms with Gasteiger partial charge in [-0.3, -0.25) is 9.59 Å². The number of aliphatic hydroxyl groups is 1. The first-order valence-electron chi connectivity index (χ1n) is 11.1. The summed E-state index contributed by atoms with van der Waals surface area (Å²) in [5.41, 5.74) is 0.618. The van der Waals surface area contributed by atoms with Gasteiger partial charge in [0.15, 0.2) is 6.61 Å². The van der Waals surface area contributed by atoms with Crippen LogP contribution < -0.4 is 4.74 Å². The van der Waals surface area contributed by atoms with Crippen molar-refractivity contribution in [1.29, 1.82) is 0 Å². The van der Waals surface area contributed by atoms with Gasteiger partial charge in [-0.2, -0.15) is 0 Å². The summed E-state index contributed by atoms with van der Waals surface area (Å²) in [6.07, 6.45) is 4.46. The summed E-state index contributed by atoms with van der Waals surface area (Å²) in [5, 5.41) is 12.5. The van der Waals surface area contributed by atoms with Gasteiger partial charge in [0.05, 0.1) is 6.10 Å². The number of ether oxygens (including phenoxy) is 1. The second kappa shape index (κ2) is 10.3. The topological polar surface area (TPSA) is 70.1 Å². The molecule has 6 nitrogen and oxygen atoms in total. The van der Waals surface area contributed by atoms with Crippen molar-refractivity contribution in [1.82, 2.24) is 9.80 Å². The number of amides is 2. The fourth-order valence-corrected chi connectivity index (χ4v) is 5.17. The summed E-state index contributed by atoms with van der Waals surface area (Å²) in [4.78, 5) is 29.8. The van der Waals surface area contributed by atoms with E-state index < -0.39 is 6.10 Å². The molecule has 2 amide bonds. The smallest absolute Gasteiger partial charge is 0.260 e. The van der Waals surface area contributed by atoms with E-state index in [2.05, 4.69) is 0 Å². The molecule has 2 fully saturated rings. The van der Waals surface area contributed by atoms with Crippen molar-refractivity contribution >= 4 is 23.2 Å². The van der Waals surface area contributed by atoms with Crippen LogP contribution in [0.3, 0.4) is 0 Å². The van der Waals surface area contributed by atoms with Crippen LogP contribution in [-0.4, -0.2) is 59.5 Å². The molecule has 166 valence electrons. The third-order valence-corrected chi connectivity index (χ3v) is 7.22. The zero-order valence-electron chi connectivity index (χ0n) is 17.7. The lowest BCUT2D eigenvalue weighted by Gasteiger charge is -2.34. The van der Waals surface area contributed by atoms with Crippen molar-refractivity contribution in [2.24, 2.45) is 5.92 Å². The van der Waals surface area contributed by atoms with Crippen molar-refractivity contribution in [3.8, 4) is 5.75 Å². The highest BCUT2D eigenvalue weighted by Gasteiger charge is 2.29. The Balaban J connectivity index is 1.25. The van der Waals surface area contributed by atoms with Crippen LogP contribution in [-0.2, 0) is 4.79 Å². The number of carbonyl (C=O) groups is 2. The van der Waals surface area contributed by atoms with Gasteiger partial charge in [-0.15, -0.1) is 11.3 Å². The lowest BCUT2D eigenvalue weighted by atomic mass is 9.90. The zero-order chi connectivity index (χ0) is 21.6. The number of nitrogens with zero attached hydrogens (tertiary/aromatic N) is 2. The number of carbonyl (C=O) groups excluding carboxylic acids is 2. The molecule has 7 heteroatoms. The van der Waals surface area contributed by atoms with Gasteiger partial charge in [-0.05, 0) is 73.7 Å². The van der Waals surface area contributed by atoms with Crippen molar-refractivity contribution in [2.45, 2.75) is 38.2 Å². The van der Waals surface area contributed by atoms with E-state index in [9.17, 15) is 14.7 Å². The number of aliphatic hydroxyl groups excluding tert-OH is 1. The van der Waals surface area contributed by atoms with Crippen LogP contribution in [0.1, 0.15) is 53.4 Å². The molecule has 4 rings (SSSR count). The van der Waals surface area contributed by atoms with E-state index in [-0.39, 0.29) is 24.3 Å². The molecule has 2 aliphatic heterocycles. The van der Waals surface area contributed by atoms with Gasteiger partial charge in [-0.1, -0.05) is 6.07 Å². The predicted molar refractivity (Wildman–Crippen MR) is 120 cm³/mol. The molecule has 31 heavy (non-hydrogen) atoms. The molecule has 0 spiro atoms. The molecule has 2 aromatic rings. The minimum absolute atomic E-state index is 0.00000604. The van der Waals surface area contributed by atoms with Crippen LogP contribution in [0.25, 0.3) is 0 Å². The van der Waals surface area contributed by atoms with Crippen molar-refractivity contribution < 1.29 is 19.4 Å². The highest BCUT2D eigenvalue weighted by atomic mass is 32.1. The zero-order valence-corrected chi connectivity index (χ0v) is 18.6. The van der Waals surface area contributed by atoms with Crippen molar-refractivity contribution in [3.63, 3.8) is 0 Å². The molecule has 0 aliphatic carbocycles. The average molecular weight is 443 g/mol. The highest BCUT2D eigenvalue weighted by molar-refractivity contribution is 7.10. The summed E-state index contributed by atoms with van der Waals surface area (Å²) in [6, 6.07) is 11.0. The van der Waals surface area contributed by atoms with Crippen LogP contribution >= 0.6 is 11.3 Å². The van der Waals surface area contributed by atoms with E-state index in [0.717, 1.165) is 43.6 Å². The lowest BCUT2D eigenvalue weighted by Crippen LogP contribution is -2.39. The Morgan fingerprint density at radius 3 is 2.35 bits per heavy atom. The van der Waals surface area contributed by atoms with Crippen LogP contribution in [0.2, 0.25) is 0 Å². The molecule has 0 radical (unpaired) electrons. The fourth-order valence-electron chi connectivity index (χ4n) is 4.37. The highest BCUT2D eigenvalue weighted by Crippen LogP contribution is 2.33. The monoisotopic (exact) mass is 442 g/mol. The number of hydrogen-bond donors (Lipinski definition) is 1. The first-order chi connectivity index (χ1) is 15.1. The second-order valence-corrected chi connectivity index (χ2v) is 9.32. The molecule has 2 saturated heterocycles. The van der Waals surface area contributed by atoms with Gasteiger partial charge >= 0.3 is 0 Å². The molecule has 1 N–H and O–H groups in total. The van der Waals surface area contributed by atoms with Gasteiger partial charge in [0.2, 0.25) is 0 Å². The van der Waals surface area contributed by atoms with Crippen LogP contribution in [0.5, 0.6) is 5.75 Å². The number of rotatable bonds is 6. The molecule has 1 unspecified atom stereocenters. The largest absolute Gasteiger partial charge is 0.484 e. The maximum Gasteiger partial charge on any atom is 0.260 e. The van der Waals surface area contributed by atoms with Crippen molar-refractivity contribution in [3.05, 3.63) is 52.2 Å². The Bertz CT molecular complexity index is 854. The molecule has 3 heterocycles. The Morgan fingerprint density at radius 2 is 1.71 bits per heavy atom. The van der Waals surface area contributed by atoms with E-state index in [0.29, 0.717) is 24.4 Å². The first kappa shape index (κ1) is 21.8. The summed E-state index contributed by atoms with van der Waals surface area (Å²) >= 11 is 1.58. The summed E-state index contributed by atoms with van der Waals surface area (Å²) in [6.45, 7) is 2.96. The third-order valence-electron chi connectivity index (χ3n) is 6.28. The minimum Gasteiger partial charge on any atom is -0.484 e. The second-order valence-electron chi connectivity index (χ2n) is 8.34. The van der Waals surface area contributed by atoms with Gasteiger partial charge in [0.25, 0.3) is 11.8 Å². The molecule has 1 aromatic carbocycles. The van der Waals surface area contributed by atoms with Gasteiger partial charge < -0.3 is 19.6 Å². The lowest BCUT2D eigenvalue weighted by molar-refractivity contribution is -0.134. The Labute approximate surface area is 187 Å². The Kier molecular flexibility index (Phi) is 7.25. The SMILES string of the molecule is O=C(COc1ccc(C(=O)N2CCC(C(O)c3cccs3)CC2)cc1)N1CCCCC1. The van der Waals surface area contributed by atoms with E-state index in [4.69, 9.17) is 4.74 Å². The number of likely N-dealkylation sites (tertiary alicyclic amines) is 2. The minimum atomic E-state index is -0.443. The van der Waals surface area contributed by atoms with Gasteiger partial charge in [0, 0.05) is 36.6 Å². The van der Waals surface area contributed by atoms with E-state index in [1.54, 1.807) is 35.6 Å². The predicted octanol–water partition coefficient (Wildman–Crippen LogP) is 3.73. The van der Waals surface area contributed by atoms with Crippen molar-refractivity contribution in [2.75, 3.05) is 32.8 Å². The molecular formula is C24H30N2O4S. The van der Waals surface area contributed by atoms with Gasteiger partial charge in [0.1, 0.15) is 5.75 Å². The molecule has 0 saturated carbocycles. The average Bonchev–Trinajstić information content (AvgIpc) is 3.38. The fraction of sp³-hybridized carbons (Fsp3) is 0.500. The number of hydrogen-bond acceptors (Lipinski definition) is 5. The maximum atomic E-state index is 12.9. The molecular weight excluding hydrogens is 412 g/mol. The van der Waals surface area contributed by atoms with Crippen LogP contribution in [0.4, 0.5) is 0 Å². The quantitative estimate of drug-likeness (QED) is 0.740. The van der Waals surface area contributed by atoms with E-state index in [1.165, 1.54) is 6.42 Å². The first-order valence-corrected chi connectivity index (χ1v) is 12.0. The summed E-state index contributed by atoms with van der Waals surface area (Å²) in [5.74, 6) is 0.808. The Morgan fingerprint density at radius 1 is 1.00 bits per heavy atom. The maximum absolute atomic E-state index is 12.9. The Hall–Kier alpha value is -2.38. The van der Waals surface area contributed by atoms with Crippen LogP contribution in [0.15, 0.2) is 41.8 Å². The van der Waals surface area contributed by atoms with Crippen LogP contribution in [0, 0.1) is 5.92 Å². The number of thiophene rings is 1. The molecule has 1 aromatic heterocycles. The number of benzene rings is 1. The molecule has 1 atom stereocenters. The van der Waals surface area contributed by atoms with Gasteiger partial charge in [-0.25, -0.2) is 0 Å². The standard InChI is InChI=1S/C24H30N2O4S/c27-22(25-12-2-1-3-13-25)17-30-20-8-6-19(7-9-20)24(29)26-14-10-18(11-15-26)23(28)21-5-4-16-31-21/h4-9,16,18,23,28H,1-3,10-15,17H2. The third kappa shape index (κ3) is 5.46. The number of piperidine rings is 2. The van der Waals surface area contributed by atoms with E-state index in [1.807, 2.05) is 27.3 Å². The van der Waals surface area contributed by atoms with E-state index >= 15 is 0 Å².